The summed E-state index contributed by atoms with van der Waals surface area (Å²) >= 11 is 0. The molecular formula is C10H16N2O. The van der Waals surface area contributed by atoms with Gasteiger partial charge in [0, 0.05) is 19.0 Å². The van der Waals surface area contributed by atoms with Crippen molar-refractivity contribution in [1.82, 2.24) is 10.6 Å². The Hall–Kier alpha value is -1.01. The first-order valence-electron chi connectivity index (χ1n) is 4.76. The molecule has 0 saturated heterocycles. The minimum Gasteiger partial charge on any atom is -0.345 e. The van der Waals surface area contributed by atoms with Crippen molar-refractivity contribution in [3.63, 3.8) is 0 Å². The van der Waals surface area contributed by atoms with Crippen molar-refractivity contribution in [2.24, 2.45) is 0 Å². The van der Waals surface area contributed by atoms with Gasteiger partial charge in [-0.05, 0) is 12.8 Å². The van der Waals surface area contributed by atoms with E-state index in [2.05, 4.69) is 16.6 Å². The van der Waals surface area contributed by atoms with Crippen molar-refractivity contribution in [3.8, 4) is 12.3 Å². The Morgan fingerprint density at radius 3 is 2.85 bits per heavy atom. The number of amides is 1. The number of nitrogens with one attached hydrogen (secondary N) is 2. The maximum absolute atomic E-state index is 11.0. The van der Waals surface area contributed by atoms with E-state index >= 15 is 0 Å². The van der Waals surface area contributed by atoms with Gasteiger partial charge in [0.2, 0.25) is 5.91 Å². The second-order valence-electron chi connectivity index (χ2n) is 3.31. The van der Waals surface area contributed by atoms with Crippen LogP contribution in [0.2, 0.25) is 0 Å². The van der Waals surface area contributed by atoms with E-state index in [0.717, 1.165) is 6.54 Å². The molecule has 1 aliphatic rings. The fourth-order valence-electron chi connectivity index (χ4n) is 1.24. The summed E-state index contributed by atoms with van der Waals surface area (Å²) in [4.78, 5) is 11.0. The van der Waals surface area contributed by atoms with Crippen LogP contribution in [0.5, 0.6) is 0 Å². The molecule has 0 spiro atoms. The minimum absolute atomic E-state index is 0.0322. The molecule has 0 bridgehead atoms. The van der Waals surface area contributed by atoms with Crippen molar-refractivity contribution in [3.05, 3.63) is 0 Å². The first kappa shape index (κ1) is 10.1. The molecule has 3 heteroatoms. The Labute approximate surface area is 79.3 Å². The predicted molar refractivity (Wildman–Crippen MR) is 52.1 cm³/mol. The standard InChI is InChI=1S/C10H16N2O/c1-2-7-12-10(13)6-8-11-9-4-3-5-9/h1,9,11H,3-8H2,(H,12,13). The average Bonchev–Trinajstić information content (AvgIpc) is 2.06. The van der Waals surface area contributed by atoms with Gasteiger partial charge in [0.15, 0.2) is 0 Å². The normalized spacial score (nSPS) is 15.9. The van der Waals surface area contributed by atoms with Gasteiger partial charge >= 0.3 is 0 Å². The Morgan fingerprint density at radius 1 is 1.54 bits per heavy atom. The van der Waals surface area contributed by atoms with Crippen LogP contribution >= 0.6 is 0 Å². The number of terminal acetylenes is 1. The second-order valence-corrected chi connectivity index (χ2v) is 3.31. The first-order chi connectivity index (χ1) is 6.33. The van der Waals surface area contributed by atoms with E-state index in [0.29, 0.717) is 19.0 Å². The zero-order valence-electron chi connectivity index (χ0n) is 7.81. The third-order valence-electron chi connectivity index (χ3n) is 2.28. The zero-order chi connectivity index (χ0) is 9.52. The van der Waals surface area contributed by atoms with Crippen molar-refractivity contribution in [1.29, 1.82) is 0 Å². The molecule has 1 fully saturated rings. The smallest absolute Gasteiger partial charge is 0.222 e. The lowest BCUT2D eigenvalue weighted by molar-refractivity contribution is -0.120. The van der Waals surface area contributed by atoms with Crippen LogP contribution in [0.4, 0.5) is 0 Å². The number of hydrogen-bond donors (Lipinski definition) is 2. The van der Waals surface area contributed by atoms with Crippen LogP contribution in [0, 0.1) is 12.3 Å². The highest BCUT2D eigenvalue weighted by atomic mass is 16.1. The molecule has 0 aliphatic heterocycles. The highest BCUT2D eigenvalue weighted by Gasteiger charge is 2.15. The topological polar surface area (TPSA) is 41.1 Å². The SMILES string of the molecule is C#CCNC(=O)CCNC1CCC1. The summed E-state index contributed by atoms with van der Waals surface area (Å²) in [6, 6.07) is 0.653. The fraction of sp³-hybridized carbons (Fsp3) is 0.700. The molecule has 0 aromatic heterocycles. The van der Waals surface area contributed by atoms with E-state index in [4.69, 9.17) is 6.42 Å². The quantitative estimate of drug-likeness (QED) is 0.596. The number of carbonyl (C=O) groups is 1. The molecule has 1 aliphatic carbocycles. The minimum atomic E-state index is 0.0322. The predicted octanol–water partition coefficient (Wildman–Crippen LogP) is 0.268. The van der Waals surface area contributed by atoms with E-state index in [-0.39, 0.29) is 5.91 Å². The lowest BCUT2D eigenvalue weighted by atomic mass is 9.93. The van der Waals surface area contributed by atoms with E-state index in [1.54, 1.807) is 0 Å². The Morgan fingerprint density at radius 2 is 2.31 bits per heavy atom. The van der Waals surface area contributed by atoms with Gasteiger partial charge in [-0.15, -0.1) is 6.42 Å². The van der Waals surface area contributed by atoms with E-state index in [9.17, 15) is 4.79 Å². The highest BCUT2D eigenvalue weighted by molar-refractivity contribution is 5.76. The Kier molecular flexibility index (Phi) is 4.34. The van der Waals surface area contributed by atoms with E-state index in [1.807, 2.05) is 0 Å². The number of rotatable bonds is 5. The largest absolute Gasteiger partial charge is 0.345 e. The molecule has 0 heterocycles. The molecule has 0 unspecified atom stereocenters. The summed E-state index contributed by atoms with van der Waals surface area (Å²) in [6.45, 7) is 1.10. The van der Waals surface area contributed by atoms with Crippen LogP contribution in [0.3, 0.4) is 0 Å². The Balaban J connectivity index is 1.92. The van der Waals surface area contributed by atoms with Crippen molar-refractivity contribution >= 4 is 5.91 Å². The summed E-state index contributed by atoms with van der Waals surface area (Å²) in [5, 5.41) is 5.94. The maximum Gasteiger partial charge on any atom is 0.222 e. The molecule has 0 aromatic carbocycles. The molecule has 0 atom stereocenters. The van der Waals surface area contributed by atoms with Gasteiger partial charge in [-0.1, -0.05) is 12.3 Å². The van der Waals surface area contributed by atoms with Crippen LogP contribution in [0.15, 0.2) is 0 Å². The summed E-state index contributed by atoms with van der Waals surface area (Å²) in [5.41, 5.74) is 0. The molecule has 0 aromatic rings. The monoisotopic (exact) mass is 180 g/mol. The molecule has 1 saturated carbocycles. The van der Waals surface area contributed by atoms with Gasteiger partial charge in [0.1, 0.15) is 0 Å². The fourth-order valence-corrected chi connectivity index (χ4v) is 1.24. The van der Waals surface area contributed by atoms with Crippen LogP contribution in [0.25, 0.3) is 0 Å². The van der Waals surface area contributed by atoms with Gasteiger partial charge in [-0.25, -0.2) is 0 Å². The zero-order valence-corrected chi connectivity index (χ0v) is 7.81. The first-order valence-corrected chi connectivity index (χ1v) is 4.76. The van der Waals surface area contributed by atoms with Crippen molar-refractivity contribution in [2.45, 2.75) is 31.7 Å². The molecular weight excluding hydrogens is 164 g/mol. The van der Waals surface area contributed by atoms with Crippen LogP contribution in [-0.4, -0.2) is 25.0 Å². The van der Waals surface area contributed by atoms with Crippen molar-refractivity contribution < 1.29 is 4.79 Å². The highest BCUT2D eigenvalue weighted by Crippen LogP contribution is 2.17. The Bertz CT molecular complexity index is 203. The van der Waals surface area contributed by atoms with Crippen LogP contribution in [0.1, 0.15) is 25.7 Å². The van der Waals surface area contributed by atoms with E-state index < -0.39 is 0 Å². The van der Waals surface area contributed by atoms with Gasteiger partial charge < -0.3 is 10.6 Å². The molecule has 1 amide bonds. The summed E-state index contributed by atoms with van der Waals surface area (Å²) < 4.78 is 0. The maximum atomic E-state index is 11.0. The second kappa shape index (κ2) is 5.60. The van der Waals surface area contributed by atoms with Crippen LogP contribution in [-0.2, 0) is 4.79 Å². The lowest BCUT2D eigenvalue weighted by Crippen LogP contribution is -2.37. The molecule has 1 rings (SSSR count). The number of hydrogen-bond acceptors (Lipinski definition) is 2. The summed E-state index contributed by atoms with van der Waals surface area (Å²) in [6.07, 6.45) is 9.36. The molecule has 13 heavy (non-hydrogen) atoms. The molecule has 72 valence electrons. The summed E-state index contributed by atoms with van der Waals surface area (Å²) in [5.74, 6) is 2.40. The molecule has 3 nitrogen and oxygen atoms in total. The number of carbonyl (C=O) groups excluding carboxylic acids is 1. The third kappa shape index (κ3) is 3.95. The third-order valence-corrected chi connectivity index (χ3v) is 2.28. The van der Waals surface area contributed by atoms with E-state index in [1.165, 1.54) is 19.3 Å². The van der Waals surface area contributed by atoms with Crippen LogP contribution < -0.4 is 10.6 Å². The summed E-state index contributed by atoms with van der Waals surface area (Å²) in [7, 11) is 0. The van der Waals surface area contributed by atoms with Crippen molar-refractivity contribution in [2.75, 3.05) is 13.1 Å². The van der Waals surface area contributed by atoms with Gasteiger partial charge in [-0.2, -0.15) is 0 Å². The van der Waals surface area contributed by atoms with Gasteiger partial charge in [-0.3, -0.25) is 4.79 Å². The lowest BCUT2D eigenvalue weighted by Gasteiger charge is -2.26. The molecule has 0 radical (unpaired) electrons. The molecule has 2 N–H and O–H groups in total. The van der Waals surface area contributed by atoms with Gasteiger partial charge in [0.05, 0.1) is 6.54 Å². The average molecular weight is 180 g/mol. The van der Waals surface area contributed by atoms with Gasteiger partial charge in [0.25, 0.3) is 0 Å².